The molecule has 3 N–H and O–H groups in total. The van der Waals surface area contributed by atoms with Gasteiger partial charge in [-0.15, -0.1) is 0 Å². The van der Waals surface area contributed by atoms with Crippen LogP contribution in [0.4, 0.5) is 0 Å². The number of nitrogens with two attached hydrogens (primary N) is 1. The van der Waals surface area contributed by atoms with Crippen LogP contribution in [0.5, 0.6) is 5.75 Å². The highest BCUT2D eigenvalue weighted by Crippen LogP contribution is 2.30. The van der Waals surface area contributed by atoms with Crippen molar-refractivity contribution in [1.29, 1.82) is 0 Å². The third-order valence-corrected chi connectivity index (χ3v) is 3.45. The van der Waals surface area contributed by atoms with E-state index in [0.29, 0.717) is 12.5 Å². The van der Waals surface area contributed by atoms with Gasteiger partial charge >= 0.3 is 0 Å². The summed E-state index contributed by atoms with van der Waals surface area (Å²) in [5.41, 5.74) is 4.14. The van der Waals surface area contributed by atoms with E-state index in [0.717, 1.165) is 31.8 Å². The Labute approximate surface area is 108 Å². The zero-order valence-corrected chi connectivity index (χ0v) is 10.9. The van der Waals surface area contributed by atoms with Crippen LogP contribution < -0.4 is 16.0 Å². The van der Waals surface area contributed by atoms with E-state index in [1.165, 1.54) is 5.56 Å². The average Bonchev–Trinajstić information content (AvgIpc) is 2.42. The molecule has 1 heterocycles. The second-order valence-electron chi connectivity index (χ2n) is 4.60. The minimum atomic E-state index is 0.175. The summed E-state index contributed by atoms with van der Waals surface area (Å²) in [6.07, 6.45) is 2.10. The molecule has 0 spiro atoms. The van der Waals surface area contributed by atoms with Gasteiger partial charge in [-0.2, -0.15) is 0 Å². The maximum Gasteiger partial charge on any atom is 0.119 e. The van der Waals surface area contributed by atoms with Crippen molar-refractivity contribution in [2.75, 3.05) is 19.8 Å². The standard InChI is InChI=1S/C14H22N2O2/c1-2-18-13-5-3-4-12(10-13)14(16-15)11-6-8-17-9-7-11/h3-5,10-11,14,16H,2,6-9,15H2,1H3. The second-order valence-corrected chi connectivity index (χ2v) is 4.60. The van der Waals surface area contributed by atoms with Crippen LogP contribution in [-0.2, 0) is 4.74 Å². The Kier molecular flexibility index (Phi) is 4.99. The Balaban J connectivity index is 2.12. The van der Waals surface area contributed by atoms with Crippen molar-refractivity contribution in [3.63, 3.8) is 0 Å². The third kappa shape index (κ3) is 3.22. The van der Waals surface area contributed by atoms with Crippen molar-refractivity contribution in [2.45, 2.75) is 25.8 Å². The molecule has 1 unspecified atom stereocenters. The Hall–Kier alpha value is -1.10. The molecule has 0 aliphatic carbocycles. The SMILES string of the molecule is CCOc1cccc(C(NN)C2CCOCC2)c1. The first-order valence-corrected chi connectivity index (χ1v) is 6.61. The highest BCUT2D eigenvalue weighted by molar-refractivity contribution is 5.31. The van der Waals surface area contributed by atoms with Crippen molar-refractivity contribution in [3.05, 3.63) is 29.8 Å². The molecule has 1 aliphatic rings. The van der Waals surface area contributed by atoms with Gasteiger partial charge in [-0.1, -0.05) is 12.1 Å². The quantitative estimate of drug-likeness (QED) is 0.620. The van der Waals surface area contributed by atoms with Gasteiger partial charge in [-0.25, -0.2) is 0 Å². The first-order valence-electron chi connectivity index (χ1n) is 6.61. The van der Waals surface area contributed by atoms with E-state index in [-0.39, 0.29) is 6.04 Å². The Morgan fingerprint density at radius 3 is 2.89 bits per heavy atom. The van der Waals surface area contributed by atoms with Gasteiger partial charge in [0.1, 0.15) is 5.75 Å². The second kappa shape index (κ2) is 6.73. The Morgan fingerprint density at radius 2 is 2.22 bits per heavy atom. The maximum atomic E-state index is 5.73. The van der Waals surface area contributed by atoms with Crippen LogP contribution in [0.1, 0.15) is 31.4 Å². The van der Waals surface area contributed by atoms with Crippen LogP contribution in [0, 0.1) is 5.92 Å². The van der Waals surface area contributed by atoms with Gasteiger partial charge in [-0.3, -0.25) is 11.3 Å². The smallest absolute Gasteiger partial charge is 0.119 e. The molecule has 1 saturated heterocycles. The fourth-order valence-corrected chi connectivity index (χ4v) is 2.52. The molecule has 100 valence electrons. The van der Waals surface area contributed by atoms with E-state index < -0.39 is 0 Å². The summed E-state index contributed by atoms with van der Waals surface area (Å²) in [4.78, 5) is 0. The monoisotopic (exact) mass is 250 g/mol. The molecule has 0 aromatic heterocycles. The van der Waals surface area contributed by atoms with E-state index in [9.17, 15) is 0 Å². The lowest BCUT2D eigenvalue weighted by Crippen LogP contribution is -2.36. The number of ether oxygens (including phenoxy) is 2. The van der Waals surface area contributed by atoms with Gasteiger partial charge in [0.25, 0.3) is 0 Å². The maximum absolute atomic E-state index is 5.73. The van der Waals surface area contributed by atoms with Crippen molar-refractivity contribution in [2.24, 2.45) is 11.8 Å². The first-order chi connectivity index (χ1) is 8.85. The zero-order valence-electron chi connectivity index (χ0n) is 10.9. The van der Waals surface area contributed by atoms with Crippen LogP contribution >= 0.6 is 0 Å². The number of nitrogens with one attached hydrogen (secondary N) is 1. The van der Waals surface area contributed by atoms with Crippen molar-refractivity contribution in [3.8, 4) is 5.75 Å². The highest BCUT2D eigenvalue weighted by atomic mass is 16.5. The highest BCUT2D eigenvalue weighted by Gasteiger charge is 2.24. The van der Waals surface area contributed by atoms with Crippen LogP contribution in [0.3, 0.4) is 0 Å². The van der Waals surface area contributed by atoms with Gasteiger partial charge in [0.2, 0.25) is 0 Å². The summed E-state index contributed by atoms with van der Waals surface area (Å²) in [6, 6.07) is 8.34. The van der Waals surface area contributed by atoms with E-state index in [1.807, 2.05) is 19.1 Å². The minimum absolute atomic E-state index is 0.175. The lowest BCUT2D eigenvalue weighted by atomic mass is 9.87. The Morgan fingerprint density at radius 1 is 1.44 bits per heavy atom. The summed E-state index contributed by atoms with van der Waals surface area (Å²) in [7, 11) is 0. The third-order valence-electron chi connectivity index (χ3n) is 3.45. The topological polar surface area (TPSA) is 56.5 Å². The van der Waals surface area contributed by atoms with E-state index >= 15 is 0 Å². The average molecular weight is 250 g/mol. The molecule has 0 amide bonds. The predicted molar refractivity (Wildman–Crippen MR) is 71.2 cm³/mol. The summed E-state index contributed by atoms with van der Waals surface area (Å²) < 4.78 is 10.9. The molecule has 18 heavy (non-hydrogen) atoms. The lowest BCUT2D eigenvalue weighted by molar-refractivity contribution is 0.0536. The number of rotatable bonds is 5. The van der Waals surface area contributed by atoms with Gasteiger partial charge in [0, 0.05) is 19.3 Å². The molecular weight excluding hydrogens is 228 g/mol. The fourth-order valence-electron chi connectivity index (χ4n) is 2.52. The summed E-state index contributed by atoms with van der Waals surface area (Å²) in [5.74, 6) is 7.16. The normalized spacial score (nSPS) is 18.6. The van der Waals surface area contributed by atoms with Crippen molar-refractivity contribution < 1.29 is 9.47 Å². The molecule has 0 saturated carbocycles. The summed E-state index contributed by atoms with van der Waals surface area (Å²) >= 11 is 0. The molecule has 1 aliphatic heterocycles. The van der Waals surface area contributed by atoms with Gasteiger partial charge < -0.3 is 9.47 Å². The number of hydrogen-bond donors (Lipinski definition) is 2. The molecule has 1 fully saturated rings. The predicted octanol–water partition coefficient (Wildman–Crippen LogP) is 2.02. The minimum Gasteiger partial charge on any atom is -0.494 e. The number of hydrogen-bond acceptors (Lipinski definition) is 4. The van der Waals surface area contributed by atoms with Crippen LogP contribution in [-0.4, -0.2) is 19.8 Å². The number of hydrazine groups is 1. The van der Waals surface area contributed by atoms with Gasteiger partial charge in [0.05, 0.1) is 6.61 Å². The molecule has 4 nitrogen and oxygen atoms in total. The molecule has 0 bridgehead atoms. The molecular formula is C14H22N2O2. The largest absolute Gasteiger partial charge is 0.494 e. The van der Waals surface area contributed by atoms with Crippen molar-refractivity contribution >= 4 is 0 Å². The van der Waals surface area contributed by atoms with Gasteiger partial charge in [-0.05, 0) is 43.4 Å². The fraction of sp³-hybridized carbons (Fsp3) is 0.571. The zero-order chi connectivity index (χ0) is 12.8. The van der Waals surface area contributed by atoms with E-state index in [2.05, 4.69) is 17.6 Å². The van der Waals surface area contributed by atoms with Gasteiger partial charge in [0.15, 0.2) is 0 Å². The molecule has 1 aromatic rings. The number of benzene rings is 1. The lowest BCUT2D eigenvalue weighted by Gasteiger charge is -2.30. The van der Waals surface area contributed by atoms with Crippen LogP contribution in [0.15, 0.2) is 24.3 Å². The molecule has 0 radical (unpaired) electrons. The van der Waals surface area contributed by atoms with Crippen LogP contribution in [0.25, 0.3) is 0 Å². The first kappa shape index (κ1) is 13.3. The Bertz CT molecular complexity index is 365. The van der Waals surface area contributed by atoms with E-state index in [1.54, 1.807) is 0 Å². The van der Waals surface area contributed by atoms with Crippen LogP contribution in [0.2, 0.25) is 0 Å². The van der Waals surface area contributed by atoms with E-state index in [4.69, 9.17) is 15.3 Å². The summed E-state index contributed by atoms with van der Waals surface area (Å²) in [6.45, 7) is 4.33. The molecule has 1 aromatic carbocycles. The van der Waals surface area contributed by atoms with Crippen molar-refractivity contribution in [1.82, 2.24) is 5.43 Å². The molecule has 2 rings (SSSR count). The summed E-state index contributed by atoms with van der Waals surface area (Å²) in [5, 5.41) is 0. The molecule has 1 atom stereocenters. The molecule has 4 heteroatoms.